The van der Waals surface area contributed by atoms with Crippen LogP contribution in [0.15, 0.2) is 83.6 Å². The van der Waals surface area contributed by atoms with Crippen LogP contribution in [0.4, 0.5) is 0 Å². The molecule has 3 saturated heterocycles. The van der Waals surface area contributed by atoms with Crippen molar-refractivity contribution in [2.75, 3.05) is 32.7 Å². The standard InChI is InChI=1S/C29H30BrN3O4/c30-25-17-22(18-31-19-25)27(34)32-13-16-33-14-11-21(12-15-33)26(20-33)37-28(35)29(36,23-7-3-1-4-8-23)24-9-5-2-6-10-24/h1-10,17-19,21,26,36H,11-16,20H2/p+1/t21?,26-,33?/m0/s1. The number of quaternary nitrogens is 1. The van der Waals surface area contributed by atoms with E-state index in [2.05, 4.69) is 26.2 Å². The molecule has 37 heavy (non-hydrogen) atoms. The van der Waals surface area contributed by atoms with Gasteiger partial charge in [0.15, 0.2) is 6.10 Å². The van der Waals surface area contributed by atoms with Crippen molar-refractivity contribution < 1.29 is 23.9 Å². The van der Waals surface area contributed by atoms with Gasteiger partial charge in [0.1, 0.15) is 6.54 Å². The van der Waals surface area contributed by atoms with Crippen LogP contribution in [0.5, 0.6) is 0 Å². The summed E-state index contributed by atoms with van der Waals surface area (Å²) in [6.45, 7) is 3.96. The van der Waals surface area contributed by atoms with Crippen LogP contribution in [0.1, 0.15) is 34.3 Å². The number of amides is 1. The van der Waals surface area contributed by atoms with E-state index >= 15 is 0 Å². The molecule has 3 fully saturated rings. The quantitative estimate of drug-likeness (QED) is 0.322. The van der Waals surface area contributed by atoms with Crippen molar-refractivity contribution in [3.8, 4) is 0 Å². The second kappa shape index (κ2) is 10.7. The SMILES string of the molecule is O=C(NCC[N+]12CCC(CC1)[C@@H](OC(=O)C(O)(c1ccccc1)c1ccccc1)C2)c1cncc(Br)c1. The maximum atomic E-state index is 13.7. The van der Waals surface area contributed by atoms with Gasteiger partial charge < -0.3 is 19.6 Å². The molecule has 0 radical (unpaired) electrons. The number of rotatable bonds is 8. The Morgan fingerprint density at radius 1 is 1.03 bits per heavy atom. The fraction of sp³-hybridized carbons (Fsp3) is 0.345. The van der Waals surface area contributed by atoms with Crippen LogP contribution >= 0.6 is 15.9 Å². The van der Waals surface area contributed by atoms with Gasteiger partial charge in [-0.15, -0.1) is 0 Å². The Morgan fingerprint density at radius 2 is 1.65 bits per heavy atom. The minimum absolute atomic E-state index is 0.155. The summed E-state index contributed by atoms with van der Waals surface area (Å²) < 4.78 is 7.68. The van der Waals surface area contributed by atoms with E-state index in [0.29, 0.717) is 29.8 Å². The maximum absolute atomic E-state index is 13.7. The first-order valence-corrected chi connectivity index (χ1v) is 13.5. The first-order valence-electron chi connectivity index (χ1n) is 12.7. The number of carbonyl (C=O) groups is 2. The summed E-state index contributed by atoms with van der Waals surface area (Å²) in [5.74, 6) is -0.517. The monoisotopic (exact) mass is 564 g/mol. The Morgan fingerprint density at radius 3 is 2.24 bits per heavy atom. The van der Waals surface area contributed by atoms with E-state index in [-0.39, 0.29) is 17.9 Å². The third-order valence-corrected chi connectivity index (χ3v) is 8.25. The predicted molar refractivity (Wildman–Crippen MR) is 142 cm³/mol. The third kappa shape index (κ3) is 5.32. The van der Waals surface area contributed by atoms with Crippen LogP contribution in [-0.2, 0) is 15.1 Å². The summed E-state index contributed by atoms with van der Waals surface area (Å²) in [5, 5.41) is 14.8. The summed E-state index contributed by atoms with van der Waals surface area (Å²) in [5.41, 5.74) is -0.396. The van der Waals surface area contributed by atoms with Gasteiger partial charge in [-0.3, -0.25) is 9.78 Å². The highest BCUT2D eigenvalue weighted by molar-refractivity contribution is 9.10. The summed E-state index contributed by atoms with van der Waals surface area (Å²) >= 11 is 3.35. The Labute approximate surface area is 225 Å². The largest absolute Gasteiger partial charge is 0.453 e. The second-order valence-electron chi connectivity index (χ2n) is 10.1. The molecule has 1 aromatic heterocycles. The molecule has 2 aromatic carbocycles. The fourth-order valence-corrected chi connectivity index (χ4v) is 6.06. The number of halogens is 1. The van der Waals surface area contributed by atoms with Crippen molar-refractivity contribution in [2.45, 2.75) is 24.5 Å². The lowest BCUT2D eigenvalue weighted by molar-refractivity contribution is -0.945. The van der Waals surface area contributed by atoms with E-state index in [1.54, 1.807) is 42.7 Å². The molecule has 3 aromatic rings. The first-order chi connectivity index (χ1) is 17.9. The lowest BCUT2D eigenvalue weighted by Gasteiger charge is -2.52. The van der Waals surface area contributed by atoms with Gasteiger partial charge in [0, 0.05) is 35.6 Å². The number of piperidine rings is 3. The predicted octanol–water partition coefficient (Wildman–Crippen LogP) is 3.66. The molecule has 6 rings (SSSR count). The Balaban J connectivity index is 1.27. The molecule has 0 unspecified atom stereocenters. The molecule has 192 valence electrons. The maximum Gasteiger partial charge on any atom is 0.348 e. The molecule has 3 aliphatic heterocycles. The van der Waals surface area contributed by atoms with Gasteiger partial charge in [0.25, 0.3) is 5.91 Å². The van der Waals surface area contributed by atoms with Gasteiger partial charge >= 0.3 is 5.97 Å². The second-order valence-corrected chi connectivity index (χ2v) is 11.0. The van der Waals surface area contributed by atoms with Crippen LogP contribution in [0.3, 0.4) is 0 Å². The number of hydrogen-bond acceptors (Lipinski definition) is 5. The number of esters is 1. The van der Waals surface area contributed by atoms with Crippen LogP contribution in [0, 0.1) is 5.92 Å². The highest BCUT2D eigenvalue weighted by Gasteiger charge is 2.50. The molecule has 1 amide bonds. The topological polar surface area (TPSA) is 88.5 Å². The molecule has 3 aliphatic rings. The van der Waals surface area contributed by atoms with Crippen molar-refractivity contribution in [3.63, 3.8) is 0 Å². The molecule has 0 aliphatic carbocycles. The average molecular weight is 565 g/mol. The van der Waals surface area contributed by atoms with Crippen LogP contribution < -0.4 is 5.32 Å². The molecule has 2 N–H and O–H groups in total. The van der Waals surface area contributed by atoms with Gasteiger partial charge in [-0.2, -0.15) is 0 Å². The van der Waals surface area contributed by atoms with Gasteiger partial charge in [-0.25, -0.2) is 4.79 Å². The van der Waals surface area contributed by atoms with E-state index in [1.807, 2.05) is 36.4 Å². The van der Waals surface area contributed by atoms with Crippen molar-refractivity contribution in [2.24, 2.45) is 5.92 Å². The Kier molecular flexibility index (Phi) is 7.42. The summed E-state index contributed by atoms with van der Waals surface area (Å²) in [7, 11) is 0. The normalized spacial score (nSPS) is 22.9. The molecular weight excluding hydrogens is 534 g/mol. The van der Waals surface area contributed by atoms with Crippen LogP contribution in [0.2, 0.25) is 0 Å². The minimum Gasteiger partial charge on any atom is -0.453 e. The zero-order valence-corrected chi connectivity index (χ0v) is 22.1. The number of hydrogen-bond donors (Lipinski definition) is 2. The smallest absolute Gasteiger partial charge is 0.348 e. The fourth-order valence-electron chi connectivity index (χ4n) is 5.70. The number of fused-ring (bicyclic) bond motifs is 3. The van der Waals surface area contributed by atoms with Crippen LogP contribution in [-0.4, -0.2) is 65.3 Å². The van der Waals surface area contributed by atoms with E-state index in [1.165, 1.54) is 0 Å². The number of nitrogens with zero attached hydrogens (tertiary/aromatic N) is 2. The summed E-state index contributed by atoms with van der Waals surface area (Å²) in [4.78, 5) is 30.3. The van der Waals surface area contributed by atoms with Gasteiger partial charge in [0.05, 0.1) is 31.7 Å². The van der Waals surface area contributed by atoms with Crippen molar-refractivity contribution in [3.05, 3.63) is 100 Å². The Bertz CT molecular complexity index is 1210. The number of pyridine rings is 1. The molecule has 0 spiro atoms. The number of nitrogens with one attached hydrogen (secondary N) is 1. The molecule has 2 bridgehead atoms. The lowest BCUT2D eigenvalue weighted by Crippen LogP contribution is -2.66. The molecule has 8 heteroatoms. The highest BCUT2D eigenvalue weighted by atomic mass is 79.9. The number of aromatic nitrogens is 1. The van der Waals surface area contributed by atoms with Gasteiger partial charge in [-0.05, 0) is 33.1 Å². The first kappa shape index (κ1) is 25.6. The number of aliphatic hydroxyl groups is 1. The van der Waals surface area contributed by atoms with Gasteiger partial charge in [-0.1, -0.05) is 60.7 Å². The van der Waals surface area contributed by atoms with Crippen LogP contribution in [0.25, 0.3) is 0 Å². The number of carbonyl (C=O) groups excluding carboxylic acids is 2. The minimum atomic E-state index is -1.88. The molecule has 4 heterocycles. The number of benzene rings is 2. The summed E-state index contributed by atoms with van der Waals surface area (Å²) in [6.07, 6.45) is 4.83. The zero-order chi connectivity index (χ0) is 25.9. The van der Waals surface area contributed by atoms with E-state index in [0.717, 1.165) is 41.4 Å². The summed E-state index contributed by atoms with van der Waals surface area (Å²) in [6, 6.07) is 19.7. The average Bonchev–Trinajstić information content (AvgIpc) is 2.94. The highest BCUT2D eigenvalue weighted by Crippen LogP contribution is 2.38. The van der Waals surface area contributed by atoms with E-state index in [9.17, 15) is 14.7 Å². The van der Waals surface area contributed by atoms with Crippen molar-refractivity contribution in [1.82, 2.24) is 10.3 Å². The molecular formula is C29H31BrN3O4+. The number of ether oxygens (including phenoxy) is 1. The lowest BCUT2D eigenvalue weighted by atomic mass is 9.82. The van der Waals surface area contributed by atoms with Gasteiger partial charge in [0.2, 0.25) is 5.60 Å². The Hall–Kier alpha value is -3.07. The third-order valence-electron chi connectivity index (χ3n) is 7.82. The van der Waals surface area contributed by atoms with E-state index in [4.69, 9.17) is 4.74 Å². The van der Waals surface area contributed by atoms with Crippen molar-refractivity contribution >= 4 is 27.8 Å². The molecule has 0 saturated carbocycles. The molecule has 1 atom stereocenters. The van der Waals surface area contributed by atoms with Crippen molar-refractivity contribution in [1.29, 1.82) is 0 Å². The molecule has 7 nitrogen and oxygen atoms in total. The van der Waals surface area contributed by atoms with E-state index < -0.39 is 11.6 Å². The zero-order valence-electron chi connectivity index (χ0n) is 20.6.